The minimum absolute atomic E-state index is 0.839. The molecule has 0 spiro atoms. The molecule has 280 valence electrons. The van der Waals surface area contributed by atoms with Crippen molar-refractivity contribution >= 4 is 105 Å². The smallest absolute Gasteiger partial charge is 0.159 e. The Morgan fingerprint density at radius 2 is 0.746 bits per heavy atom. The van der Waals surface area contributed by atoms with E-state index in [0.717, 1.165) is 73.1 Å². The van der Waals surface area contributed by atoms with Gasteiger partial charge in [0, 0.05) is 76.4 Å². The first-order valence-corrected chi connectivity index (χ1v) is 20.7. The summed E-state index contributed by atoms with van der Waals surface area (Å²) in [6.07, 6.45) is 0. The molecular formula is C54H37N3OS. The number of benzene rings is 9. The summed E-state index contributed by atoms with van der Waals surface area (Å²) in [4.78, 5) is 7.01. The third kappa shape index (κ3) is 6.25. The quantitative estimate of drug-likeness (QED) is 0.146. The highest BCUT2D eigenvalue weighted by atomic mass is 32.1. The summed E-state index contributed by atoms with van der Waals surface area (Å²) in [7, 11) is 0. The van der Waals surface area contributed by atoms with Gasteiger partial charge in [0.2, 0.25) is 0 Å². The largest absolute Gasteiger partial charge is 0.454 e. The van der Waals surface area contributed by atoms with Crippen LogP contribution in [0.1, 0.15) is 0 Å². The summed E-state index contributed by atoms with van der Waals surface area (Å²) in [6.45, 7) is 0. The molecule has 0 aliphatic heterocycles. The zero-order chi connectivity index (χ0) is 39.1. The van der Waals surface area contributed by atoms with Crippen LogP contribution in [0.4, 0.5) is 51.2 Å². The van der Waals surface area contributed by atoms with Crippen LogP contribution in [-0.2, 0) is 0 Å². The van der Waals surface area contributed by atoms with Crippen molar-refractivity contribution < 1.29 is 4.42 Å². The van der Waals surface area contributed by atoms with Crippen molar-refractivity contribution in [2.75, 3.05) is 14.7 Å². The van der Waals surface area contributed by atoms with Crippen LogP contribution in [0.3, 0.4) is 0 Å². The Kier molecular flexibility index (Phi) is 8.64. The number of fused-ring (bicyclic) bond motifs is 6. The Balaban J connectivity index is 1.10. The lowest BCUT2D eigenvalue weighted by Gasteiger charge is -2.29. The topological polar surface area (TPSA) is 22.9 Å². The maximum Gasteiger partial charge on any atom is 0.159 e. The van der Waals surface area contributed by atoms with E-state index in [1.54, 1.807) is 0 Å². The van der Waals surface area contributed by atoms with E-state index >= 15 is 0 Å². The number of hydrogen-bond acceptors (Lipinski definition) is 5. The molecule has 0 aliphatic rings. The first-order chi connectivity index (χ1) is 29.3. The maximum absolute atomic E-state index is 6.77. The van der Waals surface area contributed by atoms with Crippen molar-refractivity contribution in [2.24, 2.45) is 0 Å². The van der Waals surface area contributed by atoms with E-state index in [9.17, 15) is 0 Å². The lowest BCUT2D eigenvalue weighted by atomic mass is 10.1. The summed E-state index contributed by atoms with van der Waals surface area (Å²) >= 11 is 1.84. The van der Waals surface area contributed by atoms with Gasteiger partial charge in [-0.2, -0.15) is 0 Å². The Morgan fingerprint density at radius 1 is 0.288 bits per heavy atom. The minimum atomic E-state index is 0.839. The lowest BCUT2D eigenvalue weighted by Crippen LogP contribution is -2.13. The normalized spacial score (nSPS) is 11.4. The number of para-hydroxylation sites is 6. The molecule has 0 radical (unpaired) electrons. The summed E-state index contributed by atoms with van der Waals surface area (Å²) < 4.78 is 9.25. The van der Waals surface area contributed by atoms with Crippen LogP contribution < -0.4 is 14.7 Å². The number of rotatable bonds is 9. The van der Waals surface area contributed by atoms with Gasteiger partial charge in [-0.25, -0.2) is 0 Å². The summed E-state index contributed by atoms with van der Waals surface area (Å²) in [6, 6.07) is 79.6. The summed E-state index contributed by atoms with van der Waals surface area (Å²) in [5.41, 5.74) is 11.3. The summed E-state index contributed by atoms with van der Waals surface area (Å²) in [5.74, 6) is 0. The SMILES string of the molecule is c1ccc(N(c2ccccc2)c2ccc3sc4cc(N(c5ccccc5)c5cc(N(c6ccccc6)c6ccccc6)c6oc7ccccc7c6c5)ccc4c3c2)cc1. The van der Waals surface area contributed by atoms with E-state index in [-0.39, 0.29) is 0 Å². The second kappa shape index (κ2) is 14.7. The van der Waals surface area contributed by atoms with E-state index in [0.29, 0.717) is 0 Å². The number of furan rings is 1. The zero-order valence-electron chi connectivity index (χ0n) is 32.0. The van der Waals surface area contributed by atoms with Crippen molar-refractivity contribution in [3.8, 4) is 0 Å². The molecule has 2 aromatic heterocycles. The number of thiophene rings is 1. The molecule has 0 aliphatic carbocycles. The van der Waals surface area contributed by atoms with Crippen LogP contribution in [-0.4, -0.2) is 0 Å². The molecule has 4 nitrogen and oxygen atoms in total. The first kappa shape index (κ1) is 34.6. The molecule has 0 amide bonds. The Hall–Kier alpha value is -7.60. The van der Waals surface area contributed by atoms with Crippen LogP contribution >= 0.6 is 11.3 Å². The van der Waals surface area contributed by atoms with Gasteiger partial charge in [0.1, 0.15) is 5.58 Å². The molecule has 0 saturated carbocycles. The Bertz CT molecular complexity index is 3140. The van der Waals surface area contributed by atoms with E-state index in [2.05, 4.69) is 233 Å². The van der Waals surface area contributed by atoms with E-state index in [4.69, 9.17) is 4.42 Å². The van der Waals surface area contributed by atoms with Gasteiger partial charge in [-0.05, 0) is 109 Å². The number of nitrogens with zero attached hydrogens (tertiary/aromatic N) is 3. The molecule has 0 unspecified atom stereocenters. The zero-order valence-corrected chi connectivity index (χ0v) is 32.8. The maximum atomic E-state index is 6.77. The second-order valence-electron chi connectivity index (χ2n) is 14.6. The summed E-state index contributed by atoms with van der Waals surface area (Å²) in [5, 5.41) is 4.62. The fourth-order valence-electron chi connectivity index (χ4n) is 8.33. The molecule has 0 saturated heterocycles. The van der Waals surface area contributed by atoms with E-state index in [1.165, 1.54) is 20.2 Å². The van der Waals surface area contributed by atoms with E-state index in [1.807, 2.05) is 17.4 Å². The van der Waals surface area contributed by atoms with Crippen molar-refractivity contribution in [3.05, 3.63) is 224 Å². The molecule has 5 heteroatoms. The molecule has 0 atom stereocenters. The minimum Gasteiger partial charge on any atom is -0.454 e. The number of anilines is 9. The van der Waals surface area contributed by atoms with Crippen molar-refractivity contribution in [3.63, 3.8) is 0 Å². The molecule has 0 bridgehead atoms. The highest BCUT2D eigenvalue weighted by Crippen LogP contribution is 2.48. The Labute approximate surface area is 346 Å². The molecule has 11 aromatic rings. The fourth-order valence-corrected chi connectivity index (χ4v) is 9.45. The Morgan fingerprint density at radius 3 is 1.32 bits per heavy atom. The van der Waals surface area contributed by atoms with Gasteiger partial charge in [-0.3, -0.25) is 0 Å². The van der Waals surface area contributed by atoms with Crippen molar-refractivity contribution in [1.29, 1.82) is 0 Å². The average Bonchev–Trinajstić information content (AvgIpc) is 3.86. The van der Waals surface area contributed by atoms with Crippen LogP contribution in [0.2, 0.25) is 0 Å². The van der Waals surface area contributed by atoms with Gasteiger partial charge < -0.3 is 19.1 Å². The molecule has 0 fully saturated rings. The highest BCUT2D eigenvalue weighted by Gasteiger charge is 2.24. The van der Waals surface area contributed by atoms with E-state index < -0.39 is 0 Å². The van der Waals surface area contributed by atoms with Crippen LogP contribution in [0.15, 0.2) is 229 Å². The third-order valence-corrected chi connectivity index (χ3v) is 12.1. The fraction of sp³-hybridized carbons (Fsp3) is 0. The van der Waals surface area contributed by atoms with Gasteiger partial charge in [-0.1, -0.05) is 115 Å². The van der Waals surface area contributed by atoms with Crippen molar-refractivity contribution in [2.45, 2.75) is 0 Å². The van der Waals surface area contributed by atoms with Gasteiger partial charge in [0.15, 0.2) is 5.58 Å². The van der Waals surface area contributed by atoms with Crippen LogP contribution in [0.25, 0.3) is 42.1 Å². The molecule has 0 N–H and O–H groups in total. The van der Waals surface area contributed by atoms with Gasteiger partial charge in [0.05, 0.1) is 5.69 Å². The van der Waals surface area contributed by atoms with Crippen molar-refractivity contribution in [1.82, 2.24) is 0 Å². The van der Waals surface area contributed by atoms with Gasteiger partial charge >= 0.3 is 0 Å². The third-order valence-electron chi connectivity index (χ3n) is 11.0. The van der Waals surface area contributed by atoms with Gasteiger partial charge in [0.25, 0.3) is 0 Å². The predicted molar refractivity (Wildman–Crippen MR) is 251 cm³/mol. The van der Waals surface area contributed by atoms with Crippen LogP contribution in [0.5, 0.6) is 0 Å². The monoisotopic (exact) mass is 775 g/mol. The molecular weight excluding hydrogens is 739 g/mol. The van der Waals surface area contributed by atoms with Gasteiger partial charge in [-0.15, -0.1) is 11.3 Å². The second-order valence-corrected chi connectivity index (χ2v) is 15.7. The molecule has 59 heavy (non-hydrogen) atoms. The lowest BCUT2D eigenvalue weighted by molar-refractivity contribution is 0.669. The number of hydrogen-bond donors (Lipinski definition) is 0. The first-order valence-electron chi connectivity index (χ1n) is 19.8. The standard InChI is InChI=1S/C54H37N3OS/c1-6-18-38(19-7-1)55(39-20-8-2-9-21-39)43-31-33-52-48(34-43)47-32-30-44(37-53(47)59-52)56(40-22-10-3-11-23-40)45-35-49-46-28-16-17-29-51(46)58-54(49)50(36-45)57(41-24-12-4-13-25-41)42-26-14-5-15-27-42/h1-37H. The van der Waals surface area contributed by atoms with Crippen LogP contribution in [0, 0.1) is 0 Å². The molecule has 9 aromatic carbocycles. The molecule has 11 rings (SSSR count). The predicted octanol–water partition coefficient (Wildman–Crippen LogP) is 16.4. The molecule has 2 heterocycles. The highest BCUT2D eigenvalue weighted by molar-refractivity contribution is 7.25. The average molecular weight is 776 g/mol.